The molecule has 29 heavy (non-hydrogen) atoms. The maximum absolute atomic E-state index is 12.2. The van der Waals surface area contributed by atoms with Gasteiger partial charge in [0.25, 0.3) is 5.56 Å². The quantitative estimate of drug-likeness (QED) is 0.530. The fourth-order valence-electron chi connectivity index (χ4n) is 2.49. The topological polar surface area (TPSA) is 97.0 Å². The predicted molar refractivity (Wildman–Crippen MR) is 114 cm³/mol. The van der Waals surface area contributed by atoms with Crippen LogP contribution in [0.4, 0.5) is 5.69 Å². The number of nitrogens with one attached hydrogen (secondary N) is 2. The van der Waals surface area contributed by atoms with E-state index in [1.54, 1.807) is 24.3 Å². The summed E-state index contributed by atoms with van der Waals surface area (Å²) in [6, 6.07) is 14.4. The molecule has 0 aliphatic heterocycles. The standard InChI is InChI=1S/C20H19ClN4O3S/c1-2-28-17-6-4-3-5-15(17)22-18(26)12-29-20-23-19(27)16(24-25-20)11-13-7-9-14(21)10-8-13/h3-10H,2,11-12H2,1H3,(H,22,26)(H,23,25,27). The highest BCUT2D eigenvalue weighted by molar-refractivity contribution is 7.99. The minimum Gasteiger partial charge on any atom is -0.492 e. The van der Waals surface area contributed by atoms with Crippen molar-refractivity contribution in [2.24, 2.45) is 0 Å². The number of H-pyrrole nitrogens is 1. The van der Waals surface area contributed by atoms with Gasteiger partial charge in [-0.1, -0.05) is 47.6 Å². The Kier molecular flexibility index (Phi) is 7.26. The number of carbonyl (C=O) groups excluding carboxylic acids is 1. The molecule has 0 atom stereocenters. The van der Waals surface area contributed by atoms with Gasteiger partial charge in [0.05, 0.1) is 18.0 Å². The SMILES string of the molecule is CCOc1ccccc1NC(=O)CSc1nnc(Cc2ccc(Cl)cc2)c(=O)[nH]1. The van der Waals surface area contributed by atoms with Crippen LogP contribution in [0.2, 0.25) is 5.02 Å². The molecule has 0 aliphatic carbocycles. The maximum atomic E-state index is 12.2. The van der Waals surface area contributed by atoms with Crippen LogP contribution >= 0.6 is 23.4 Å². The molecule has 3 aromatic rings. The Hall–Kier alpha value is -2.84. The first-order valence-electron chi connectivity index (χ1n) is 8.90. The molecule has 2 N–H and O–H groups in total. The molecule has 0 fully saturated rings. The van der Waals surface area contributed by atoms with Gasteiger partial charge in [-0.2, -0.15) is 0 Å². The van der Waals surface area contributed by atoms with E-state index in [1.807, 2.05) is 31.2 Å². The van der Waals surface area contributed by atoms with E-state index in [1.165, 1.54) is 0 Å². The normalized spacial score (nSPS) is 10.6. The molecular weight excluding hydrogens is 412 g/mol. The largest absolute Gasteiger partial charge is 0.492 e. The summed E-state index contributed by atoms with van der Waals surface area (Å²) in [5.41, 5.74) is 1.46. The first kappa shape index (κ1) is 20.9. The molecule has 1 amide bonds. The zero-order valence-electron chi connectivity index (χ0n) is 15.6. The Bertz CT molecular complexity index is 1040. The molecule has 150 valence electrons. The van der Waals surface area contributed by atoms with E-state index in [9.17, 15) is 9.59 Å². The van der Waals surface area contributed by atoms with Gasteiger partial charge in [-0.15, -0.1) is 10.2 Å². The fraction of sp³-hybridized carbons (Fsp3) is 0.200. The Labute approximate surface area is 176 Å². The van der Waals surface area contributed by atoms with Gasteiger partial charge in [0.1, 0.15) is 11.4 Å². The van der Waals surface area contributed by atoms with Crippen LogP contribution in [0.5, 0.6) is 5.75 Å². The molecule has 0 radical (unpaired) electrons. The average Bonchev–Trinajstić information content (AvgIpc) is 2.71. The second-order valence-corrected chi connectivity index (χ2v) is 7.38. The number of thioether (sulfide) groups is 1. The summed E-state index contributed by atoms with van der Waals surface area (Å²) in [5, 5.41) is 11.7. The van der Waals surface area contributed by atoms with Crippen LogP contribution in [0, 0.1) is 0 Å². The zero-order chi connectivity index (χ0) is 20.6. The van der Waals surface area contributed by atoms with Crippen LogP contribution in [0.1, 0.15) is 18.2 Å². The molecule has 0 unspecified atom stereocenters. The number of rotatable bonds is 8. The number of aromatic amines is 1. The van der Waals surface area contributed by atoms with Gasteiger partial charge < -0.3 is 10.1 Å². The molecule has 1 aromatic heterocycles. The molecule has 9 heteroatoms. The summed E-state index contributed by atoms with van der Waals surface area (Å²) in [6.45, 7) is 2.38. The van der Waals surface area contributed by atoms with Gasteiger partial charge in [-0.05, 0) is 36.8 Å². The van der Waals surface area contributed by atoms with Gasteiger partial charge >= 0.3 is 0 Å². The van der Waals surface area contributed by atoms with E-state index in [0.717, 1.165) is 17.3 Å². The molecule has 1 heterocycles. The lowest BCUT2D eigenvalue weighted by Gasteiger charge is -2.10. The molecule has 3 rings (SSSR count). The average molecular weight is 431 g/mol. The third kappa shape index (κ3) is 6.07. The lowest BCUT2D eigenvalue weighted by Crippen LogP contribution is -2.19. The monoisotopic (exact) mass is 430 g/mol. The Morgan fingerprint density at radius 3 is 2.66 bits per heavy atom. The smallest absolute Gasteiger partial charge is 0.273 e. The van der Waals surface area contributed by atoms with Crippen molar-refractivity contribution in [2.75, 3.05) is 17.7 Å². The summed E-state index contributed by atoms with van der Waals surface area (Å²) in [7, 11) is 0. The van der Waals surface area contributed by atoms with Crippen molar-refractivity contribution in [2.45, 2.75) is 18.5 Å². The lowest BCUT2D eigenvalue weighted by atomic mass is 10.1. The number of carbonyl (C=O) groups is 1. The third-order valence-electron chi connectivity index (χ3n) is 3.83. The summed E-state index contributed by atoms with van der Waals surface area (Å²) in [4.78, 5) is 27.1. The molecule has 0 spiro atoms. The van der Waals surface area contributed by atoms with E-state index in [0.29, 0.717) is 35.2 Å². The number of para-hydroxylation sites is 2. The molecule has 2 aromatic carbocycles. The second-order valence-electron chi connectivity index (χ2n) is 5.98. The molecule has 0 aliphatic rings. The van der Waals surface area contributed by atoms with Crippen molar-refractivity contribution in [3.63, 3.8) is 0 Å². The number of halogens is 1. The van der Waals surface area contributed by atoms with Crippen molar-refractivity contribution in [3.8, 4) is 5.75 Å². The van der Waals surface area contributed by atoms with Gasteiger partial charge in [-0.25, -0.2) is 0 Å². The number of amides is 1. The van der Waals surface area contributed by atoms with E-state index in [4.69, 9.17) is 16.3 Å². The van der Waals surface area contributed by atoms with E-state index in [-0.39, 0.29) is 22.4 Å². The third-order valence-corrected chi connectivity index (χ3v) is 4.95. The zero-order valence-corrected chi connectivity index (χ0v) is 17.2. The molecular formula is C20H19ClN4O3S. The van der Waals surface area contributed by atoms with Gasteiger partial charge in [0.15, 0.2) is 5.16 Å². The minimum absolute atomic E-state index is 0.0710. The van der Waals surface area contributed by atoms with Crippen molar-refractivity contribution >= 4 is 35.0 Å². The number of aromatic nitrogens is 3. The van der Waals surface area contributed by atoms with Crippen molar-refractivity contribution in [3.05, 3.63) is 75.2 Å². The van der Waals surface area contributed by atoms with Crippen molar-refractivity contribution in [1.29, 1.82) is 0 Å². The number of hydrogen-bond donors (Lipinski definition) is 2. The van der Waals surface area contributed by atoms with Crippen molar-refractivity contribution in [1.82, 2.24) is 15.2 Å². The molecule has 0 saturated carbocycles. The number of ether oxygens (including phenoxy) is 1. The summed E-state index contributed by atoms with van der Waals surface area (Å²) >= 11 is 6.96. The van der Waals surface area contributed by atoms with Crippen LogP contribution in [-0.4, -0.2) is 33.4 Å². The van der Waals surface area contributed by atoms with Crippen LogP contribution in [0.25, 0.3) is 0 Å². The number of hydrogen-bond acceptors (Lipinski definition) is 6. The van der Waals surface area contributed by atoms with Gasteiger partial charge in [-0.3, -0.25) is 14.6 Å². The summed E-state index contributed by atoms with van der Waals surface area (Å²) < 4.78 is 5.49. The Morgan fingerprint density at radius 2 is 1.93 bits per heavy atom. The highest BCUT2D eigenvalue weighted by Crippen LogP contribution is 2.24. The Morgan fingerprint density at radius 1 is 1.17 bits per heavy atom. The predicted octanol–water partition coefficient (Wildman–Crippen LogP) is 3.54. The highest BCUT2D eigenvalue weighted by atomic mass is 35.5. The van der Waals surface area contributed by atoms with Gasteiger partial charge in [0.2, 0.25) is 5.91 Å². The summed E-state index contributed by atoms with van der Waals surface area (Å²) in [6.07, 6.45) is 0.346. The van der Waals surface area contributed by atoms with Crippen LogP contribution in [0.3, 0.4) is 0 Å². The second kappa shape index (κ2) is 10.1. The van der Waals surface area contributed by atoms with E-state index in [2.05, 4.69) is 20.5 Å². The molecule has 0 bridgehead atoms. The number of nitrogens with zero attached hydrogens (tertiary/aromatic N) is 2. The number of anilines is 1. The maximum Gasteiger partial charge on any atom is 0.273 e. The summed E-state index contributed by atoms with van der Waals surface area (Å²) in [5.74, 6) is 0.435. The lowest BCUT2D eigenvalue weighted by molar-refractivity contribution is -0.113. The first-order chi connectivity index (χ1) is 14.0. The van der Waals surface area contributed by atoms with Crippen LogP contribution < -0.4 is 15.6 Å². The minimum atomic E-state index is -0.334. The fourth-order valence-corrected chi connectivity index (χ4v) is 3.22. The van der Waals surface area contributed by atoms with Crippen LogP contribution in [0.15, 0.2) is 58.5 Å². The van der Waals surface area contributed by atoms with E-state index < -0.39 is 0 Å². The first-order valence-corrected chi connectivity index (χ1v) is 10.3. The van der Waals surface area contributed by atoms with Crippen LogP contribution in [-0.2, 0) is 11.2 Å². The highest BCUT2D eigenvalue weighted by Gasteiger charge is 2.11. The molecule has 7 nitrogen and oxygen atoms in total. The molecule has 0 saturated heterocycles. The van der Waals surface area contributed by atoms with Crippen molar-refractivity contribution < 1.29 is 9.53 Å². The van der Waals surface area contributed by atoms with E-state index >= 15 is 0 Å². The van der Waals surface area contributed by atoms with Gasteiger partial charge in [0, 0.05) is 11.4 Å². The Balaban J connectivity index is 1.58. The number of benzene rings is 2.